The van der Waals surface area contributed by atoms with E-state index in [1.807, 2.05) is 20.8 Å². The molecule has 0 unspecified atom stereocenters. The van der Waals surface area contributed by atoms with Crippen molar-refractivity contribution in [1.82, 2.24) is 0 Å². The number of aliphatic hydroxyl groups is 3. The first-order chi connectivity index (χ1) is 7.49. The van der Waals surface area contributed by atoms with Gasteiger partial charge < -0.3 is 15.3 Å². The fourth-order valence-electron chi connectivity index (χ4n) is 0.343. The van der Waals surface area contributed by atoms with Crippen molar-refractivity contribution in [3.05, 3.63) is 11.8 Å². The summed E-state index contributed by atoms with van der Waals surface area (Å²) in [5.41, 5.74) is 0. The molecule has 0 amide bonds. The standard InChI is InChI=1S/C6H10O2.2C3H8O.Y/c1-3-6(8)4-5(2)7;2*1-2-3-4;/h4,7H,3H2,1-2H3;2*4H,2-3H2,1H3;/p+1. The number of hydrogen-bond acceptors (Lipinski definition) is 3. The van der Waals surface area contributed by atoms with Gasteiger partial charge in [0.1, 0.15) is 0 Å². The van der Waals surface area contributed by atoms with Gasteiger partial charge in [0.05, 0.1) is 18.3 Å². The van der Waals surface area contributed by atoms with Crippen LogP contribution in [0.15, 0.2) is 11.8 Å². The van der Waals surface area contributed by atoms with Crippen molar-refractivity contribution in [3.8, 4) is 0 Å². The molecule has 0 aliphatic heterocycles. The van der Waals surface area contributed by atoms with E-state index in [2.05, 4.69) is 0 Å². The number of allylic oxidation sites excluding steroid dienone is 2. The second-order valence-corrected chi connectivity index (χ2v) is 3.08. The number of aliphatic hydroxyl groups excluding tert-OH is 3. The van der Waals surface area contributed by atoms with Crippen LogP contribution in [0.1, 0.15) is 47.0 Å². The van der Waals surface area contributed by atoms with E-state index in [0.29, 0.717) is 19.6 Å². The minimum atomic E-state index is 0. The van der Waals surface area contributed by atoms with Crippen LogP contribution in [0, 0.1) is 0 Å². The molecule has 0 saturated carbocycles. The van der Waals surface area contributed by atoms with Gasteiger partial charge in [0.15, 0.2) is 0 Å². The van der Waals surface area contributed by atoms with Crippen LogP contribution in [0.4, 0.5) is 0 Å². The van der Waals surface area contributed by atoms with E-state index in [4.69, 9.17) is 20.1 Å². The minimum Gasteiger partial charge on any atom is -0.512 e. The van der Waals surface area contributed by atoms with E-state index >= 15 is 0 Å². The Bertz CT molecular complexity index is 158. The van der Waals surface area contributed by atoms with Crippen molar-refractivity contribution in [2.45, 2.75) is 47.0 Å². The van der Waals surface area contributed by atoms with Gasteiger partial charge in [-0.25, -0.2) is 0 Å². The summed E-state index contributed by atoms with van der Waals surface area (Å²) in [6, 6.07) is 0. The SMILES string of the molecule is CCC(=[OH+])C=C(C)O.CCCO.CCCO.[Y]. The van der Waals surface area contributed by atoms with Crippen molar-refractivity contribution in [2.24, 2.45) is 0 Å². The molecule has 0 heterocycles. The Morgan fingerprint density at radius 2 is 1.35 bits per heavy atom. The zero-order valence-electron chi connectivity index (χ0n) is 11.5. The van der Waals surface area contributed by atoms with Gasteiger partial charge in [0.2, 0.25) is 0 Å². The van der Waals surface area contributed by atoms with Crippen molar-refractivity contribution in [3.63, 3.8) is 0 Å². The van der Waals surface area contributed by atoms with Gasteiger partial charge in [-0.15, -0.1) is 0 Å². The van der Waals surface area contributed by atoms with Gasteiger partial charge in [-0.05, 0) is 19.8 Å². The van der Waals surface area contributed by atoms with Crippen LogP contribution in [0.3, 0.4) is 0 Å². The summed E-state index contributed by atoms with van der Waals surface area (Å²) in [6.45, 7) is 7.83. The number of rotatable bonds is 4. The predicted octanol–water partition coefficient (Wildman–Crippen LogP) is 2.18. The molecule has 1 radical (unpaired) electrons. The Kier molecular flexibility index (Phi) is 38.4. The molecule has 0 spiro atoms. The molecule has 17 heavy (non-hydrogen) atoms. The van der Waals surface area contributed by atoms with Crippen LogP contribution in [0.2, 0.25) is 0 Å². The first-order valence-corrected chi connectivity index (χ1v) is 5.63. The summed E-state index contributed by atoms with van der Waals surface area (Å²) in [5.74, 6) is 0.356. The molecule has 0 atom stereocenters. The molecule has 0 saturated heterocycles. The van der Waals surface area contributed by atoms with Gasteiger partial charge in [-0.2, -0.15) is 0 Å². The molecule has 101 valence electrons. The monoisotopic (exact) mass is 324 g/mol. The summed E-state index contributed by atoms with van der Waals surface area (Å²) in [5, 5.41) is 24.3. The number of carbonyl (C=O) groups excluding carboxylic acids is 1. The maximum absolute atomic E-state index is 8.71. The average molecular weight is 324 g/mol. The first-order valence-electron chi connectivity index (χ1n) is 5.63. The van der Waals surface area contributed by atoms with E-state index < -0.39 is 0 Å². The normalized spacial score (nSPS) is 8.94. The molecule has 0 aromatic rings. The van der Waals surface area contributed by atoms with Crippen LogP contribution in [0.25, 0.3) is 0 Å². The van der Waals surface area contributed by atoms with E-state index in [-0.39, 0.29) is 44.3 Å². The maximum atomic E-state index is 8.71. The van der Waals surface area contributed by atoms with E-state index in [1.165, 1.54) is 13.0 Å². The summed E-state index contributed by atoms with van der Waals surface area (Å²) in [4.78, 5) is 8.71. The van der Waals surface area contributed by atoms with E-state index in [9.17, 15) is 0 Å². The van der Waals surface area contributed by atoms with Crippen LogP contribution >= 0.6 is 0 Å². The van der Waals surface area contributed by atoms with Crippen LogP contribution in [-0.4, -0.2) is 39.1 Å². The minimum absolute atomic E-state index is 0. The van der Waals surface area contributed by atoms with E-state index in [1.54, 1.807) is 0 Å². The quantitative estimate of drug-likeness (QED) is 0.421. The van der Waals surface area contributed by atoms with Crippen molar-refractivity contribution >= 4 is 5.78 Å². The summed E-state index contributed by atoms with van der Waals surface area (Å²) >= 11 is 0. The third-order valence-electron chi connectivity index (χ3n) is 1.18. The Balaban J connectivity index is -0.0000000806. The first kappa shape index (κ1) is 25.9. The van der Waals surface area contributed by atoms with Crippen molar-refractivity contribution in [2.75, 3.05) is 13.2 Å². The summed E-state index contributed by atoms with van der Waals surface area (Å²) in [7, 11) is 0. The Hall–Kier alpha value is 0.234. The Labute approximate surface area is 130 Å². The molecule has 0 aromatic carbocycles. The van der Waals surface area contributed by atoms with Crippen LogP contribution in [0.5, 0.6) is 0 Å². The maximum Gasteiger partial charge on any atom is 0.319 e. The number of hydrogen-bond donors (Lipinski definition) is 3. The Morgan fingerprint density at radius 3 is 1.41 bits per heavy atom. The van der Waals surface area contributed by atoms with Gasteiger partial charge >= 0.3 is 5.78 Å². The molecule has 4 N–H and O–H groups in total. The fourth-order valence-corrected chi connectivity index (χ4v) is 0.343. The zero-order chi connectivity index (χ0) is 13.4. The molecule has 0 aliphatic carbocycles. The third-order valence-corrected chi connectivity index (χ3v) is 1.18. The molecule has 0 aliphatic rings. The zero-order valence-corrected chi connectivity index (χ0v) is 14.3. The van der Waals surface area contributed by atoms with Crippen molar-refractivity contribution in [1.29, 1.82) is 0 Å². The van der Waals surface area contributed by atoms with Gasteiger partial charge in [0, 0.05) is 45.9 Å². The van der Waals surface area contributed by atoms with E-state index in [0.717, 1.165) is 12.8 Å². The Morgan fingerprint density at radius 1 is 1.06 bits per heavy atom. The van der Waals surface area contributed by atoms with Crippen LogP contribution in [-0.2, 0) is 32.7 Å². The topological polar surface area (TPSA) is 82.1 Å². The largest absolute Gasteiger partial charge is 0.512 e. The van der Waals surface area contributed by atoms with Gasteiger partial charge in [-0.3, -0.25) is 4.79 Å². The average Bonchev–Trinajstić information content (AvgIpc) is 2.28. The van der Waals surface area contributed by atoms with Crippen molar-refractivity contribution < 1.29 is 52.8 Å². The molecule has 0 fully saturated rings. The second kappa shape index (κ2) is 25.2. The third kappa shape index (κ3) is 48.5. The second-order valence-electron chi connectivity index (χ2n) is 3.08. The van der Waals surface area contributed by atoms with Crippen LogP contribution < -0.4 is 0 Å². The molecule has 0 rings (SSSR count). The fraction of sp³-hybridized carbons (Fsp3) is 0.750. The van der Waals surface area contributed by atoms with Gasteiger partial charge in [0.25, 0.3) is 0 Å². The molecular weight excluding hydrogens is 297 g/mol. The smallest absolute Gasteiger partial charge is 0.319 e. The number of ketones is 1. The summed E-state index contributed by atoms with van der Waals surface area (Å²) in [6.07, 6.45) is 3.65. The molecular formula is C12H27O4Y+. The molecule has 0 aromatic heterocycles. The van der Waals surface area contributed by atoms with Gasteiger partial charge in [-0.1, -0.05) is 20.8 Å². The summed E-state index contributed by atoms with van der Waals surface area (Å²) < 4.78 is 0. The predicted molar refractivity (Wildman–Crippen MR) is 68.4 cm³/mol. The molecule has 0 bridgehead atoms. The molecule has 5 heteroatoms. The molecule has 4 nitrogen and oxygen atoms in total.